The molecule has 0 aliphatic carbocycles. The molecule has 0 aliphatic heterocycles. The molecule has 0 saturated carbocycles. The number of para-hydroxylation sites is 4. The third-order valence-corrected chi connectivity index (χ3v) is 7.55. The summed E-state index contributed by atoms with van der Waals surface area (Å²) >= 11 is 0. The molecule has 3 heteroatoms. The van der Waals surface area contributed by atoms with Crippen LogP contribution < -0.4 is 0 Å². The molecule has 0 bridgehead atoms. The lowest BCUT2D eigenvalue weighted by Gasteiger charge is -2.10. The Morgan fingerprint density at radius 2 is 1.24 bits per heavy atom. The summed E-state index contributed by atoms with van der Waals surface area (Å²) in [5, 5.41) is 5.02. The molecule has 0 radical (unpaired) electrons. The summed E-state index contributed by atoms with van der Waals surface area (Å²) in [7, 11) is 0. The average molecular weight is 486 g/mol. The van der Waals surface area contributed by atoms with Crippen LogP contribution in [0.25, 0.3) is 71.8 Å². The molecule has 0 saturated heterocycles. The van der Waals surface area contributed by atoms with Crippen molar-refractivity contribution in [1.82, 2.24) is 14.5 Å². The highest BCUT2D eigenvalue weighted by Crippen LogP contribution is 2.34. The van der Waals surface area contributed by atoms with Crippen molar-refractivity contribution in [3.05, 3.63) is 133 Å². The molecule has 38 heavy (non-hydrogen) atoms. The van der Waals surface area contributed by atoms with Crippen LogP contribution in [0.3, 0.4) is 0 Å². The number of fused-ring (bicyclic) bond motifs is 6. The fourth-order valence-electron chi connectivity index (χ4n) is 5.70. The maximum Gasteiger partial charge on any atom is 0.145 e. The smallest absolute Gasteiger partial charge is 0.145 e. The van der Waals surface area contributed by atoms with E-state index in [9.17, 15) is 0 Å². The molecule has 0 spiro atoms. The first-order valence-electron chi connectivity index (χ1n) is 12.9. The summed E-state index contributed by atoms with van der Waals surface area (Å²) < 4.78 is 2.24. The van der Waals surface area contributed by atoms with Gasteiger partial charge in [-0.3, -0.25) is 4.57 Å². The van der Waals surface area contributed by atoms with Crippen LogP contribution in [0, 0.1) is 0 Å². The highest BCUT2D eigenvalue weighted by Gasteiger charge is 2.14. The molecular formula is C35H23N3. The minimum absolute atomic E-state index is 0.948. The van der Waals surface area contributed by atoms with Gasteiger partial charge in [0.25, 0.3) is 0 Å². The topological polar surface area (TPSA) is 33.6 Å². The zero-order valence-electron chi connectivity index (χ0n) is 20.6. The Bertz CT molecular complexity index is 2110. The zero-order chi connectivity index (χ0) is 25.1. The van der Waals surface area contributed by atoms with E-state index < -0.39 is 0 Å². The van der Waals surface area contributed by atoms with Gasteiger partial charge in [0.1, 0.15) is 5.82 Å². The van der Waals surface area contributed by atoms with Crippen molar-refractivity contribution in [2.45, 2.75) is 0 Å². The molecule has 0 fully saturated rings. The fraction of sp³-hybridized carbons (Fsp3) is 0. The van der Waals surface area contributed by atoms with Crippen LogP contribution in [0.1, 0.15) is 0 Å². The van der Waals surface area contributed by atoms with Crippen molar-refractivity contribution in [2.75, 3.05) is 0 Å². The Balaban J connectivity index is 1.22. The lowest BCUT2D eigenvalue weighted by Crippen LogP contribution is -1.97. The van der Waals surface area contributed by atoms with Crippen molar-refractivity contribution in [3.8, 4) is 28.2 Å². The first kappa shape index (κ1) is 21.0. The number of imidazole rings is 1. The van der Waals surface area contributed by atoms with Gasteiger partial charge in [0.2, 0.25) is 0 Å². The molecule has 2 aromatic heterocycles. The van der Waals surface area contributed by atoms with Crippen molar-refractivity contribution >= 4 is 43.6 Å². The molecule has 178 valence electrons. The lowest BCUT2D eigenvalue weighted by atomic mass is 9.98. The molecule has 8 rings (SSSR count). The highest BCUT2D eigenvalue weighted by molar-refractivity contribution is 6.17. The predicted molar refractivity (Wildman–Crippen MR) is 159 cm³/mol. The van der Waals surface area contributed by atoms with Gasteiger partial charge in [0.05, 0.1) is 16.6 Å². The first-order chi connectivity index (χ1) is 18.8. The van der Waals surface area contributed by atoms with Crippen LogP contribution in [0.15, 0.2) is 133 Å². The van der Waals surface area contributed by atoms with E-state index >= 15 is 0 Å². The van der Waals surface area contributed by atoms with Gasteiger partial charge in [-0.2, -0.15) is 0 Å². The SMILES string of the molecule is c1ccc(-n2c(-c3ccc(-c4ccc5c(ccc6c7ccccc7[nH]c56)c4)cc3)nc3ccccc32)cc1. The van der Waals surface area contributed by atoms with Gasteiger partial charge in [-0.15, -0.1) is 0 Å². The van der Waals surface area contributed by atoms with Gasteiger partial charge in [-0.25, -0.2) is 4.98 Å². The van der Waals surface area contributed by atoms with E-state index in [0.717, 1.165) is 28.1 Å². The summed E-state index contributed by atoms with van der Waals surface area (Å²) in [6.45, 7) is 0. The van der Waals surface area contributed by atoms with E-state index in [2.05, 4.69) is 131 Å². The van der Waals surface area contributed by atoms with E-state index in [-0.39, 0.29) is 0 Å². The number of H-pyrrole nitrogens is 1. The third-order valence-electron chi connectivity index (χ3n) is 7.55. The van der Waals surface area contributed by atoms with Crippen molar-refractivity contribution in [2.24, 2.45) is 0 Å². The number of hydrogen-bond acceptors (Lipinski definition) is 1. The number of nitrogens with one attached hydrogen (secondary N) is 1. The first-order valence-corrected chi connectivity index (χ1v) is 12.9. The second kappa shape index (κ2) is 8.19. The van der Waals surface area contributed by atoms with Gasteiger partial charge in [-0.05, 0) is 52.9 Å². The summed E-state index contributed by atoms with van der Waals surface area (Å²) in [6.07, 6.45) is 0. The maximum absolute atomic E-state index is 5.01. The van der Waals surface area contributed by atoms with Crippen LogP contribution in [0.4, 0.5) is 0 Å². The number of hydrogen-bond donors (Lipinski definition) is 1. The van der Waals surface area contributed by atoms with E-state index in [1.165, 1.54) is 43.7 Å². The highest BCUT2D eigenvalue weighted by atomic mass is 15.1. The van der Waals surface area contributed by atoms with Crippen LogP contribution in [0.2, 0.25) is 0 Å². The van der Waals surface area contributed by atoms with E-state index in [1.807, 2.05) is 12.1 Å². The van der Waals surface area contributed by atoms with Crippen molar-refractivity contribution < 1.29 is 0 Å². The van der Waals surface area contributed by atoms with Crippen molar-refractivity contribution in [1.29, 1.82) is 0 Å². The second-order valence-corrected chi connectivity index (χ2v) is 9.77. The Kier molecular flexibility index (Phi) is 4.52. The minimum atomic E-state index is 0.948. The van der Waals surface area contributed by atoms with Crippen molar-refractivity contribution in [3.63, 3.8) is 0 Å². The summed E-state index contributed by atoms with van der Waals surface area (Å²) in [4.78, 5) is 8.64. The Labute approximate surface area is 219 Å². The van der Waals surface area contributed by atoms with Crippen LogP contribution >= 0.6 is 0 Å². The number of aromatic nitrogens is 3. The van der Waals surface area contributed by atoms with Crippen LogP contribution in [-0.2, 0) is 0 Å². The average Bonchev–Trinajstić information content (AvgIpc) is 3.56. The normalized spacial score (nSPS) is 11.7. The lowest BCUT2D eigenvalue weighted by molar-refractivity contribution is 1.10. The minimum Gasteiger partial charge on any atom is -0.354 e. The van der Waals surface area contributed by atoms with Gasteiger partial charge in [0.15, 0.2) is 0 Å². The number of aromatic amines is 1. The monoisotopic (exact) mass is 485 g/mol. The Morgan fingerprint density at radius 3 is 2.13 bits per heavy atom. The van der Waals surface area contributed by atoms with E-state index in [0.29, 0.717) is 0 Å². The molecule has 8 aromatic rings. The molecule has 0 unspecified atom stereocenters. The fourth-order valence-corrected chi connectivity index (χ4v) is 5.70. The molecular weight excluding hydrogens is 462 g/mol. The molecule has 2 heterocycles. The second-order valence-electron chi connectivity index (χ2n) is 9.77. The summed E-state index contributed by atoms with van der Waals surface area (Å²) in [5.74, 6) is 0.948. The molecule has 0 atom stereocenters. The maximum atomic E-state index is 5.01. The van der Waals surface area contributed by atoms with Crippen LogP contribution in [-0.4, -0.2) is 14.5 Å². The summed E-state index contributed by atoms with van der Waals surface area (Å²) in [5.41, 5.74) is 9.07. The number of benzene rings is 6. The summed E-state index contributed by atoms with van der Waals surface area (Å²) in [6, 6.07) is 47.3. The Hall–Kier alpha value is -5.15. The number of nitrogens with zero attached hydrogens (tertiary/aromatic N) is 2. The molecule has 3 nitrogen and oxygen atoms in total. The van der Waals surface area contributed by atoms with E-state index in [4.69, 9.17) is 4.98 Å². The zero-order valence-corrected chi connectivity index (χ0v) is 20.6. The standard InChI is InChI=1S/C35H23N3/c1-2-8-27(9-3-1)38-33-13-7-6-12-32(33)37-35(38)24-16-14-23(15-17-24)25-18-20-28-26(22-25)19-21-30-29-10-4-5-11-31(29)36-34(28)30/h1-22,36H. The van der Waals surface area contributed by atoms with Gasteiger partial charge >= 0.3 is 0 Å². The number of rotatable bonds is 3. The molecule has 6 aromatic carbocycles. The molecule has 1 N–H and O–H groups in total. The Morgan fingerprint density at radius 1 is 0.526 bits per heavy atom. The van der Waals surface area contributed by atoms with E-state index in [1.54, 1.807) is 0 Å². The molecule has 0 aliphatic rings. The predicted octanol–water partition coefficient (Wildman–Crippen LogP) is 9.15. The van der Waals surface area contributed by atoms with Gasteiger partial charge in [-0.1, -0.05) is 97.1 Å². The van der Waals surface area contributed by atoms with Gasteiger partial charge < -0.3 is 4.98 Å². The van der Waals surface area contributed by atoms with Gasteiger partial charge in [0, 0.05) is 32.9 Å². The molecule has 0 amide bonds. The third kappa shape index (κ3) is 3.19. The van der Waals surface area contributed by atoms with Crippen LogP contribution in [0.5, 0.6) is 0 Å². The largest absolute Gasteiger partial charge is 0.354 e. The quantitative estimate of drug-likeness (QED) is 0.266.